The molecule has 2 amide bonds. The first-order chi connectivity index (χ1) is 14.3. The fraction of sp³-hybridized carbons (Fsp3) is 0.150. The van der Waals surface area contributed by atoms with Crippen LogP contribution in [-0.2, 0) is 37.5 Å². The summed E-state index contributed by atoms with van der Waals surface area (Å²) in [6.07, 6.45) is 0. The number of fused-ring (bicyclic) bond motifs is 1. The highest BCUT2D eigenvalue weighted by atomic mass is 32.2. The van der Waals surface area contributed by atoms with E-state index in [9.17, 15) is 22.4 Å². The third kappa shape index (κ3) is 4.08. The van der Waals surface area contributed by atoms with E-state index in [0.29, 0.717) is 22.5 Å². The van der Waals surface area contributed by atoms with Crippen LogP contribution in [0.5, 0.6) is 0 Å². The minimum absolute atomic E-state index is 0.0387. The molecule has 1 aliphatic heterocycles. The second-order valence-electron chi connectivity index (χ2n) is 6.82. The molecule has 0 radical (unpaired) electrons. The van der Waals surface area contributed by atoms with Gasteiger partial charge in [0, 0.05) is 12.1 Å². The maximum Gasteiger partial charge on any atom is 0.314 e. The van der Waals surface area contributed by atoms with Gasteiger partial charge >= 0.3 is 11.8 Å². The van der Waals surface area contributed by atoms with Crippen molar-refractivity contribution in [2.45, 2.75) is 18.1 Å². The van der Waals surface area contributed by atoms with E-state index in [2.05, 4.69) is 15.7 Å². The molecule has 30 heavy (non-hydrogen) atoms. The Bertz CT molecular complexity index is 1220. The monoisotopic (exact) mass is 428 g/mol. The van der Waals surface area contributed by atoms with E-state index in [1.54, 1.807) is 24.3 Å². The average molecular weight is 428 g/mol. The summed E-state index contributed by atoms with van der Waals surface area (Å²) < 4.78 is 38.4. The summed E-state index contributed by atoms with van der Waals surface area (Å²) in [5.74, 6) is -2.60. The predicted octanol–water partition coefficient (Wildman–Crippen LogP) is 1.69. The second kappa shape index (κ2) is 7.71. The maximum absolute atomic E-state index is 13.0. The van der Waals surface area contributed by atoms with Gasteiger partial charge in [0.25, 0.3) is 0 Å². The highest BCUT2D eigenvalue weighted by Crippen LogP contribution is 2.32. The molecule has 0 unspecified atom stereocenters. The molecule has 2 heterocycles. The second-order valence-corrected chi connectivity index (χ2v) is 8.88. The van der Waals surface area contributed by atoms with Crippen molar-refractivity contribution >= 4 is 27.5 Å². The third-order valence-electron chi connectivity index (χ3n) is 4.59. The van der Waals surface area contributed by atoms with Crippen LogP contribution in [0.3, 0.4) is 0 Å². The van der Waals surface area contributed by atoms with Gasteiger partial charge in [-0.15, -0.1) is 0 Å². The van der Waals surface area contributed by atoms with Gasteiger partial charge in [-0.05, 0) is 29.8 Å². The highest BCUT2D eigenvalue weighted by molar-refractivity contribution is 7.90. The molecule has 0 saturated carbocycles. The SMILES string of the molecule is O=C(NCc1ccc(F)cc1)C(=O)Nc1c2c(nn1-c1ccccc1)CS(=O)(=O)C2. The van der Waals surface area contributed by atoms with Crippen LogP contribution in [0, 0.1) is 5.82 Å². The number of para-hydroxylation sites is 1. The Morgan fingerprint density at radius 3 is 2.40 bits per heavy atom. The highest BCUT2D eigenvalue weighted by Gasteiger charge is 2.33. The molecule has 154 valence electrons. The van der Waals surface area contributed by atoms with Crippen molar-refractivity contribution < 1.29 is 22.4 Å². The largest absolute Gasteiger partial charge is 0.344 e. The molecule has 10 heteroatoms. The van der Waals surface area contributed by atoms with Gasteiger partial charge in [-0.2, -0.15) is 5.10 Å². The fourth-order valence-electron chi connectivity index (χ4n) is 3.16. The first kappa shape index (κ1) is 19.8. The lowest BCUT2D eigenvalue weighted by Crippen LogP contribution is -2.35. The molecule has 3 aromatic rings. The molecule has 0 atom stereocenters. The zero-order valence-electron chi connectivity index (χ0n) is 15.6. The number of nitrogens with zero attached hydrogens (tertiary/aromatic N) is 2. The van der Waals surface area contributed by atoms with Crippen molar-refractivity contribution in [3.8, 4) is 5.69 Å². The quantitative estimate of drug-likeness (QED) is 0.615. The summed E-state index contributed by atoms with van der Waals surface area (Å²) in [7, 11) is -3.35. The van der Waals surface area contributed by atoms with Crippen LogP contribution in [-0.4, -0.2) is 30.0 Å². The number of anilines is 1. The van der Waals surface area contributed by atoms with Crippen LogP contribution in [0.25, 0.3) is 5.69 Å². The number of carbonyl (C=O) groups is 2. The molecular weight excluding hydrogens is 411 g/mol. The number of rotatable bonds is 4. The van der Waals surface area contributed by atoms with Gasteiger partial charge in [-0.1, -0.05) is 30.3 Å². The maximum atomic E-state index is 13.0. The molecular formula is C20H17FN4O4S. The van der Waals surface area contributed by atoms with Crippen molar-refractivity contribution in [1.82, 2.24) is 15.1 Å². The van der Waals surface area contributed by atoms with Gasteiger partial charge in [0.15, 0.2) is 9.84 Å². The zero-order chi connectivity index (χ0) is 21.3. The Morgan fingerprint density at radius 1 is 1.00 bits per heavy atom. The van der Waals surface area contributed by atoms with Crippen molar-refractivity contribution in [1.29, 1.82) is 0 Å². The van der Waals surface area contributed by atoms with Crippen LogP contribution >= 0.6 is 0 Å². The minimum Gasteiger partial charge on any atom is -0.344 e. The van der Waals surface area contributed by atoms with Crippen molar-refractivity contribution in [3.05, 3.63) is 77.2 Å². The van der Waals surface area contributed by atoms with E-state index in [0.717, 1.165) is 0 Å². The summed E-state index contributed by atoms with van der Waals surface area (Å²) in [5.41, 5.74) is 1.96. The molecule has 0 bridgehead atoms. The van der Waals surface area contributed by atoms with Crippen LogP contribution < -0.4 is 10.6 Å². The van der Waals surface area contributed by atoms with Gasteiger partial charge in [0.05, 0.1) is 22.9 Å². The molecule has 0 saturated heterocycles. The Morgan fingerprint density at radius 2 is 1.70 bits per heavy atom. The molecule has 0 fully saturated rings. The van der Waals surface area contributed by atoms with Crippen LogP contribution in [0.15, 0.2) is 54.6 Å². The topological polar surface area (TPSA) is 110 Å². The lowest BCUT2D eigenvalue weighted by atomic mass is 10.2. The fourth-order valence-corrected chi connectivity index (χ4v) is 4.65. The van der Waals surface area contributed by atoms with Crippen molar-refractivity contribution in [2.24, 2.45) is 0 Å². The molecule has 2 aromatic carbocycles. The van der Waals surface area contributed by atoms with Gasteiger partial charge in [-0.3, -0.25) is 9.59 Å². The number of sulfone groups is 1. The molecule has 1 aromatic heterocycles. The van der Waals surface area contributed by atoms with E-state index >= 15 is 0 Å². The Hall–Kier alpha value is -3.53. The normalized spacial score (nSPS) is 14.2. The smallest absolute Gasteiger partial charge is 0.314 e. The number of nitrogens with one attached hydrogen (secondary N) is 2. The Kier molecular flexibility index (Phi) is 5.08. The standard InChI is InChI=1S/C20H17FN4O4S/c21-14-8-6-13(7-9-14)10-22-19(26)20(27)23-18-16-11-30(28,29)12-17(16)24-25(18)15-4-2-1-3-5-15/h1-9H,10-12H2,(H,22,26)(H,23,27). The number of carbonyl (C=O) groups excluding carboxylic acids is 2. The lowest BCUT2D eigenvalue weighted by molar-refractivity contribution is -0.136. The summed E-state index contributed by atoms with van der Waals surface area (Å²) in [6, 6.07) is 14.4. The number of aromatic nitrogens is 2. The summed E-state index contributed by atoms with van der Waals surface area (Å²) in [5, 5.41) is 9.28. The molecule has 0 aliphatic carbocycles. The summed E-state index contributed by atoms with van der Waals surface area (Å²) in [4.78, 5) is 24.7. The van der Waals surface area contributed by atoms with E-state index in [1.807, 2.05) is 6.07 Å². The Balaban J connectivity index is 1.55. The minimum atomic E-state index is -3.35. The molecule has 1 aliphatic rings. The van der Waals surface area contributed by atoms with Crippen LogP contribution in [0.2, 0.25) is 0 Å². The van der Waals surface area contributed by atoms with E-state index < -0.39 is 27.5 Å². The molecule has 2 N–H and O–H groups in total. The van der Waals surface area contributed by atoms with Crippen molar-refractivity contribution in [2.75, 3.05) is 5.32 Å². The van der Waals surface area contributed by atoms with Crippen molar-refractivity contribution in [3.63, 3.8) is 0 Å². The van der Waals surface area contributed by atoms with Crippen LogP contribution in [0.4, 0.5) is 10.2 Å². The molecule has 8 nitrogen and oxygen atoms in total. The zero-order valence-corrected chi connectivity index (χ0v) is 16.4. The Labute approximate surface area is 171 Å². The van der Waals surface area contributed by atoms with E-state index in [4.69, 9.17) is 0 Å². The van der Waals surface area contributed by atoms with Gasteiger partial charge in [0.1, 0.15) is 11.6 Å². The average Bonchev–Trinajstić information content (AvgIpc) is 3.20. The first-order valence-electron chi connectivity index (χ1n) is 9.02. The molecule has 4 rings (SSSR count). The lowest BCUT2D eigenvalue weighted by Gasteiger charge is -2.11. The number of amides is 2. The van der Waals surface area contributed by atoms with Gasteiger partial charge in [-0.25, -0.2) is 17.5 Å². The van der Waals surface area contributed by atoms with Gasteiger partial charge < -0.3 is 10.6 Å². The number of hydrogen-bond acceptors (Lipinski definition) is 5. The van der Waals surface area contributed by atoms with E-state index in [1.165, 1.54) is 28.9 Å². The number of hydrogen-bond donors (Lipinski definition) is 2. The third-order valence-corrected chi connectivity index (χ3v) is 6.03. The van der Waals surface area contributed by atoms with E-state index in [-0.39, 0.29) is 23.9 Å². The molecule has 0 spiro atoms. The predicted molar refractivity (Wildman–Crippen MR) is 107 cm³/mol. The summed E-state index contributed by atoms with van der Waals surface area (Å²) >= 11 is 0. The number of benzene rings is 2. The van der Waals surface area contributed by atoms with Gasteiger partial charge in [0.2, 0.25) is 0 Å². The van der Waals surface area contributed by atoms with Crippen LogP contribution in [0.1, 0.15) is 16.8 Å². The number of halogens is 1. The first-order valence-corrected chi connectivity index (χ1v) is 10.8. The summed E-state index contributed by atoms with van der Waals surface area (Å²) in [6.45, 7) is 0.0387.